The molecule has 6 aromatic rings. The molecular formula is C61H68O6S2+2. The van der Waals surface area contributed by atoms with Crippen LogP contribution in [0.25, 0.3) is 0 Å². The van der Waals surface area contributed by atoms with Crippen molar-refractivity contribution < 1.29 is 28.5 Å². The summed E-state index contributed by atoms with van der Waals surface area (Å²) in [6, 6.07) is 51.2. The van der Waals surface area contributed by atoms with E-state index in [1.807, 2.05) is 26.0 Å². The predicted molar refractivity (Wildman–Crippen MR) is 277 cm³/mol. The lowest BCUT2D eigenvalue weighted by molar-refractivity contribution is -0.172. The van der Waals surface area contributed by atoms with E-state index in [1.165, 1.54) is 74.3 Å². The van der Waals surface area contributed by atoms with E-state index in [0.717, 1.165) is 59.1 Å². The van der Waals surface area contributed by atoms with Crippen LogP contribution in [0.2, 0.25) is 0 Å². The van der Waals surface area contributed by atoms with E-state index in [4.69, 9.17) is 18.9 Å². The highest BCUT2D eigenvalue weighted by Crippen LogP contribution is 2.54. The lowest BCUT2D eigenvalue weighted by Crippen LogP contribution is -2.50. The van der Waals surface area contributed by atoms with Crippen molar-refractivity contribution in [1.82, 2.24) is 0 Å². The van der Waals surface area contributed by atoms with E-state index in [1.54, 1.807) is 0 Å². The summed E-state index contributed by atoms with van der Waals surface area (Å²) in [6.45, 7) is 10.3. The van der Waals surface area contributed by atoms with Crippen LogP contribution in [0.1, 0.15) is 93.4 Å². The fourth-order valence-electron chi connectivity index (χ4n) is 11.8. The van der Waals surface area contributed by atoms with Crippen molar-refractivity contribution in [2.75, 3.05) is 13.2 Å². The van der Waals surface area contributed by atoms with Crippen molar-refractivity contribution >= 4 is 33.7 Å². The van der Waals surface area contributed by atoms with Crippen molar-refractivity contribution in [3.05, 3.63) is 168 Å². The summed E-state index contributed by atoms with van der Waals surface area (Å²) < 4.78 is 24.0. The first-order chi connectivity index (χ1) is 33.6. The van der Waals surface area contributed by atoms with E-state index in [9.17, 15) is 9.59 Å². The number of ether oxygens (including phenoxy) is 4. The Hall–Kier alpha value is -5.28. The van der Waals surface area contributed by atoms with Gasteiger partial charge in [0.15, 0.2) is 36.0 Å². The van der Waals surface area contributed by atoms with Crippen molar-refractivity contribution in [1.29, 1.82) is 0 Å². The number of hydrogen-bond donors (Lipinski definition) is 0. The second kappa shape index (κ2) is 22.2. The zero-order valence-electron chi connectivity index (χ0n) is 41.0. The number of rotatable bonds is 15. The summed E-state index contributed by atoms with van der Waals surface area (Å²) in [5, 5.41) is 0. The minimum atomic E-state index is -0.321. The molecule has 69 heavy (non-hydrogen) atoms. The summed E-state index contributed by atoms with van der Waals surface area (Å²) in [6.07, 6.45) is 11.8. The van der Waals surface area contributed by atoms with E-state index in [2.05, 4.69) is 154 Å². The third kappa shape index (κ3) is 11.5. The first-order valence-electron chi connectivity index (χ1n) is 25.1. The number of hydrogen-bond acceptors (Lipinski definition) is 6. The first kappa shape index (κ1) is 48.7. The summed E-state index contributed by atoms with van der Waals surface area (Å²) in [4.78, 5) is 33.1. The van der Waals surface area contributed by atoms with Gasteiger partial charge in [-0.2, -0.15) is 0 Å². The van der Waals surface area contributed by atoms with Gasteiger partial charge in [0.1, 0.15) is 24.2 Å². The predicted octanol–water partition coefficient (Wildman–Crippen LogP) is 14.2. The Morgan fingerprint density at radius 2 is 0.899 bits per heavy atom. The Balaban J connectivity index is 0.000000173. The average molecular weight is 961 g/mol. The fourth-order valence-corrected chi connectivity index (χ4v) is 16.4. The van der Waals surface area contributed by atoms with Crippen LogP contribution in [0.4, 0.5) is 0 Å². The Morgan fingerprint density at radius 1 is 0.507 bits per heavy atom. The summed E-state index contributed by atoms with van der Waals surface area (Å²) >= 11 is 0. The van der Waals surface area contributed by atoms with Crippen molar-refractivity contribution in [3.8, 4) is 11.5 Å². The van der Waals surface area contributed by atoms with Gasteiger partial charge in [0.2, 0.25) is 0 Å². The Morgan fingerprint density at radius 3 is 1.29 bits per heavy atom. The molecule has 6 nitrogen and oxygen atoms in total. The van der Waals surface area contributed by atoms with E-state index < -0.39 is 0 Å². The number of carbonyl (C=O) groups excluding carboxylic acids is 2. The minimum Gasteiger partial charge on any atom is -0.481 e. The van der Waals surface area contributed by atoms with Crippen LogP contribution in [-0.2, 0) is 40.9 Å². The molecule has 4 bridgehead atoms. The van der Waals surface area contributed by atoms with Gasteiger partial charge in [0.25, 0.3) is 0 Å². The SMILES string of the molecule is CCC1(OCC(=O)Oc2c(C)cc([S+](c3ccccc3)c3ccccc3)cc2C)CCCC1.Cc1cc([S+](c2ccccc2)c2ccccc2)cc(C)c1OCC(=O)OC1C2CC3CC(C2)CC1C3. The van der Waals surface area contributed by atoms with E-state index in [-0.39, 0.29) is 58.6 Å². The molecule has 6 aromatic carbocycles. The van der Waals surface area contributed by atoms with Gasteiger partial charge < -0.3 is 18.9 Å². The quantitative estimate of drug-likeness (QED) is 0.0580. The minimum absolute atomic E-state index is 0.00682. The molecule has 5 saturated carbocycles. The highest BCUT2D eigenvalue weighted by atomic mass is 32.2. The third-order valence-corrected chi connectivity index (χ3v) is 19.3. The maximum absolute atomic E-state index is 12.8. The molecule has 5 fully saturated rings. The van der Waals surface area contributed by atoms with Gasteiger partial charge in [0.05, 0.1) is 27.4 Å². The van der Waals surface area contributed by atoms with Crippen LogP contribution in [0.5, 0.6) is 11.5 Å². The Labute approximate surface area is 416 Å². The topological polar surface area (TPSA) is 71.1 Å². The molecule has 0 spiro atoms. The Bertz CT molecular complexity index is 2510. The van der Waals surface area contributed by atoms with Crippen LogP contribution in [0.15, 0.2) is 175 Å². The van der Waals surface area contributed by atoms with Gasteiger partial charge in [-0.15, -0.1) is 0 Å². The fraction of sp³-hybridized carbons (Fsp3) is 0.377. The number of esters is 2. The zero-order valence-corrected chi connectivity index (χ0v) is 42.6. The summed E-state index contributed by atoms with van der Waals surface area (Å²) in [5.74, 6) is 3.79. The maximum atomic E-state index is 12.8. The Kier molecular flexibility index (Phi) is 15.7. The van der Waals surface area contributed by atoms with Gasteiger partial charge >= 0.3 is 11.9 Å². The highest BCUT2D eigenvalue weighted by Gasteiger charge is 2.50. The molecule has 0 unspecified atom stereocenters. The number of carbonyl (C=O) groups is 2. The second-order valence-electron chi connectivity index (χ2n) is 19.8. The van der Waals surface area contributed by atoms with Crippen LogP contribution >= 0.6 is 0 Å². The monoisotopic (exact) mass is 960 g/mol. The third-order valence-electron chi connectivity index (χ3n) is 14.9. The van der Waals surface area contributed by atoms with Crippen LogP contribution in [-0.4, -0.2) is 36.9 Å². The lowest BCUT2D eigenvalue weighted by Gasteiger charge is -2.53. The number of aryl methyl sites for hydroxylation is 4. The molecule has 358 valence electrons. The van der Waals surface area contributed by atoms with Crippen molar-refractivity contribution in [3.63, 3.8) is 0 Å². The van der Waals surface area contributed by atoms with Gasteiger partial charge in [0, 0.05) is 24.3 Å². The molecule has 0 radical (unpaired) electrons. The van der Waals surface area contributed by atoms with Gasteiger partial charge in [-0.1, -0.05) is 92.6 Å². The normalized spacial score (nSPS) is 20.9. The van der Waals surface area contributed by atoms with Crippen LogP contribution < -0.4 is 9.47 Å². The average Bonchev–Trinajstić information content (AvgIpc) is 3.84. The van der Waals surface area contributed by atoms with Gasteiger partial charge in [-0.25, -0.2) is 9.59 Å². The maximum Gasteiger partial charge on any atom is 0.344 e. The molecule has 0 saturated heterocycles. The van der Waals surface area contributed by atoms with Gasteiger partial charge in [-0.3, -0.25) is 0 Å². The molecule has 0 amide bonds. The van der Waals surface area contributed by atoms with Crippen molar-refractivity contribution in [2.45, 2.75) is 140 Å². The molecule has 0 aliphatic heterocycles. The molecule has 0 heterocycles. The first-order valence-corrected chi connectivity index (χ1v) is 27.6. The summed E-state index contributed by atoms with van der Waals surface area (Å²) in [7, 11) is -0.444. The highest BCUT2D eigenvalue weighted by molar-refractivity contribution is 7.97. The zero-order chi connectivity index (χ0) is 47.9. The molecule has 0 aromatic heterocycles. The molecule has 11 rings (SSSR count). The summed E-state index contributed by atoms with van der Waals surface area (Å²) in [5.41, 5.74) is 3.89. The van der Waals surface area contributed by atoms with E-state index in [0.29, 0.717) is 17.6 Å². The molecule has 5 aliphatic carbocycles. The van der Waals surface area contributed by atoms with Crippen LogP contribution in [0.3, 0.4) is 0 Å². The van der Waals surface area contributed by atoms with Crippen molar-refractivity contribution in [2.24, 2.45) is 23.7 Å². The molecule has 5 aliphatic rings. The molecule has 0 N–H and O–H groups in total. The molecule has 8 heteroatoms. The molecular weight excluding hydrogens is 893 g/mol. The second-order valence-corrected chi connectivity index (χ2v) is 23.9. The van der Waals surface area contributed by atoms with Gasteiger partial charge in [-0.05, 0) is 174 Å². The lowest BCUT2D eigenvalue weighted by atomic mass is 9.55. The van der Waals surface area contributed by atoms with E-state index >= 15 is 0 Å². The molecule has 0 atom stereocenters. The largest absolute Gasteiger partial charge is 0.481 e. The number of benzene rings is 6. The van der Waals surface area contributed by atoms with Crippen LogP contribution in [0, 0.1) is 51.4 Å². The smallest absolute Gasteiger partial charge is 0.344 e. The standard InChI is InChI=1S/C32H35O3S.C29H33O3S/c1-21-13-29(36(27-9-5-3-6-10-27)28-11-7-4-8-12-28)14-22(2)31(21)34-20-30(33)35-32-25-16-23-15-24(18-25)19-26(32)17-23;1-4-29(17-11-12-18-29)31-21-27(30)32-28-22(2)19-26(20-23(28)3)33(24-13-7-5-8-14-24)25-15-9-6-10-16-25/h3-14,23-26,32H,15-20H2,1-2H3;5-10,13-16,19-20H,4,11-12,17-18,21H2,1-3H3/q2*+1.